The smallest absolute Gasteiger partial charge is 0.315 e. The molecule has 0 saturated carbocycles. The van der Waals surface area contributed by atoms with Crippen LogP contribution in [0.5, 0.6) is 0 Å². The molecule has 0 spiro atoms. The molecule has 0 saturated heterocycles. The highest BCUT2D eigenvalue weighted by molar-refractivity contribution is 5.82. The lowest BCUT2D eigenvalue weighted by molar-refractivity contribution is -0.143. The summed E-state index contributed by atoms with van der Waals surface area (Å²) in [5, 5.41) is 9.61. The third-order valence-electron chi connectivity index (χ3n) is 3.59. The zero-order valence-electron chi connectivity index (χ0n) is 11.2. The van der Waals surface area contributed by atoms with E-state index in [-0.39, 0.29) is 18.5 Å². The van der Waals surface area contributed by atoms with Crippen molar-refractivity contribution in [1.82, 2.24) is 0 Å². The maximum absolute atomic E-state index is 13.8. The van der Waals surface area contributed by atoms with Crippen LogP contribution >= 0.6 is 0 Å². The van der Waals surface area contributed by atoms with Gasteiger partial charge in [0, 0.05) is 12.6 Å². The van der Waals surface area contributed by atoms with Crippen LogP contribution in [0.3, 0.4) is 0 Å². The van der Waals surface area contributed by atoms with Gasteiger partial charge in [-0.1, -0.05) is 36.4 Å². The van der Waals surface area contributed by atoms with E-state index in [1.165, 1.54) is 6.07 Å². The van der Waals surface area contributed by atoms with Crippen LogP contribution in [-0.4, -0.2) is 17.6 Å². The molecule has 2 aromatic rings. The van der Waals surface area contributed by atoms with Crippen LogP contribution in [0.25, 0.3) is 0 Å². The van der Waals surface area contributed by atoms with E-state index in [9.17, 15) is 18.7 Å². The monoisotopic (exact) mass is 291 g/mol. The van der Waals surface area contributed by atoms with Gasteiger partial charge in [-0.25, -0.2) is 8.78 Å². The lowest BCUT2D eigenvalue weighted by Crippen LogP contribution is -2.45. The van der Waals surface area contributed by atoms with Gasteiger partial charge in [0.25, 0.3) is 0 Å². The molecule has 0 aliphatic heterocycles. The van der Waals surface area contributed by atoms with Gasteiger partial charge >= 0.3 is 5.97 Å². The summed E-state index contributed by atoms with van der Waals surface area (Å²) < 4.78 is 26.8. The summed E-state index contributed by atoms with van der Waals surface area (Å²) in [4.78, 5) is 11.8. The van der Waals surface area contributed by atoms with Crippen molar-refractivity contribution in [2.45, 2.75) is 11.8 Å². The molecule has 2 aromatic carbocycles. The fourth-order valence-electron chi connectivity index (χ4n) is 2.33. The van der Waals surface area contributed by atoms with Gasteiger partial charge in [-0.15, -0.1) is 0 Å². The van der Waals surface area contributed by atoms with Gasteiger partial charge in [-0.3, -0.25) is 4.79 Å². The summed E-state index contributed by atoms with van der Waals surface area (Å²) in [5.41, 5.74) is 4.85. The minimum atomic E-state index is -1.44. The molecule has 3 N–H and O–H groups in total. The van der Waals surface area contributed by atoms with E-state index >= 15 is 0 Å². The number of hydrogen-bond acceptors (Lipinski definition) is 2. The van der Waals surface area contributed by atoms with Crippen molar-refractivity contribution >= 4 is 5.97 Å². The van der Waals surface area contributed by atoms with E-state index in [1.807, 2.05) is 0 Å². The summed E-state index contributed by atoms with van der Waals surface area (Å²) in [5.74, 6) is -2.62. The summed E-state index contributed by atoms with van der Waals surface area (Å²) in [7, 11) is 0. The van der Waals surface area contributed by atoms with E-state index < -0.39 is 23.0 Å². The van der Waals surface area contributed by atoms with Crippen LogP contribution in [0.4, 0.5) is 8.78 Å². The third-order valence-corrected chi connectivity index (χ3v) is 3.59. The van der Waals surface area contributed by atoms with Crippen LogP contribution in [0.15, 0.2) is 48.5 Å². The Balaban J connectivity index is 2.49. The Morgan fingerprint density at radius 3 is 2.33 bits per heavy atom. The van der Waals surface area contributed by atoms with Crippen LogP contribution in [0.1, 0.15) is 11.1 Å². The number of hydrogen-bond donors (Lipinski definition) is 2. The summed E-state index contributed by atoms with van der Waals surface area (Å²) in [6.07, 6.45) is -0.144. The second kappa shape index (κ2) is 6.01. The van der Waals surface area contributed by atoms with E-state index in [4.69, 9.17) is 5.73 Å². The molecule has 3 nitrogen and oxygen atoms in total. The van der Waals surface area contributed by atoms with Crippen molar-refractivity contribution in [3.8, 4) is 0 Å². The third kappa shape index (κ3) is 2.92. The maximum Gasteiger partial charge on any atom is 0.315 e. The minimum absolute atomic E-state index is 0.119. The van der Waals surface area contributed by atoms with Crippen LogP contribution in [0, 0.1) is 11.6 Å². The van der Waals surface area contributed by atoms with Crippen molar-refractivity contribution in [1.29, 1.82) is 0 Å². The highest BCUT2D eigenvalue weighted by Gasteiger charge is 2.39. The molecule has 5 heteroatoms. The zero-order valence-corrected chi connectivity index (χ0v) is 11.2. The van der Waals surface area contributed by atoms with Crippen molar-refractivity contribution in [2.24, 2.45) is 5.73 Å². The Morgan fingerprint density at radius 1 is 1.14 bits per heavy atom. The molecule has 0 fully saturated rings. The zero-order chi connectivity index (χ0) is 15.5. The number of carbonyl (C=O) groups is 1. The fourth-order valence-corrected chi connectivity index (χ4v) is 2.33. The molecule has 0 amide bonds. The predicted octanol–water partition coefficient (Wildman–Crippen LogP) is 2.49. The average Bonchev–Trinajstić information content (AvgIpc) is 2.47. The Hall–Kier alpha value is -2.27. The molecule has 0 aliphatic carbocycles. The lowest BCUT2D eigenvalue weighted by atomic mass is 9.75. The van der Waals surface area contributed by atoms with Gasteiger partial charge in [0.2, 0.25) is 0 Å². The molecular weight excluding hydrogens is 276 g/mol. The van der Waals surface area contributed by atoms with Crippen molar-refractivity contribution in [3.63, 3.8) is 0 Å². The van der Waals surface area contributed by atoms with Gasteiger partial charge < -0.3 is 10.8 Å². The number of aliphatic carboxylic acids is 1. The highest BCUT2D eigenvalue weighted by atomic mass is 19.1. The molecule has 110 valence electrons. The number of carboxylic acids is 1. The van der Waals surface area contributed by atoms with E-state index in [2.05, 4.69) is 0 Å². The fraction of sp³-hybridized carbons (Fsp3) is 0.188. The first kappa shape index (κ1) is 15.1. The van der Waals surface area contributed by atoms with Gasteiger partial charge in [0.1, 0.15) is 17.0 Å². The summed E-state index contributed by atoms with van der Waals surface area (Å²) in [6, 6.07) is 11.5. The average molecular weight is 291 g/mol. The number of nitrogens with two attached hydrogens (primary N) is 1. The predicted molar refractivity (Wildman–Crippen MR) is 74.9 cm³/mol. The van der Waals surface area contributed by atoms with E-state index in [1.54, 1.807) is 30.3 Å². The Kier molecular flexibility index (Phi) is 4.33. The van der Waals surface area contributed by atoms with Crippen molar-refractivity contribution in [3.05, 3.63) is 71.3 Å². The van der Waals surface area contributed by atoms with Gasteiger partial charge in [0.15, 0.2) is 0 Å². The molecule has 0 aromatic heterocycles. The number of carboxylic acid groups (broad SMARTS) is 1. The topological polar surface area (TPSA) is 63.3 Å². The molecule has 1 atom stereocenters. The summed E-state index contributed by atoms with van der Waals surface area (Å²) >= 11 is 0. The second-order valence-corrected chi connectivity index (χ2v) is 4.87. The normalized spacial score (nSPS) is 13.7. The maximum atomic E-state index is 13.8. The molecule has 2 rings (SSSR count). The van der Waals surface area contributed by atoms with Gasteiger partial charge in [0.05, 0.1) is 0 Å². The standard InChI is InChI=1S/C16H15F2NO2/c17-13-7-6-11(14(18)8-13)9-16(10-19,15(20)21)12-4-2-1-3-5-12/h1-8H,9-10,19H2,(H,20,21). The minimum Gasteiger partial charge on any atom is -0.481 e. The van der Waals surface area contributed by atoms with Crippen LogP contribution < -0.4 is 5.73 Å². The molecule has 1 unspecified atom stereocenters. The SMILES string of the molecule is NCC(Cc1ccc(F)cc1F)(C(=O)O)c1ccccc1. The molecule has 0 radical (unpaired) electrons. The van der Waals surface area contributed by atoms with E-state index in [0.29, 0.717) is 5.56 Å². The number of rotatable bonds is 5. The van der Waals surface area contributed by atoms with E-state index in [0.717, 1.165) is 12.1 Å². The summed E-state index contributed by atoms with van der Waals surface area (Å²) in [6.45, 7) is -0.191. The van der Waals surface area contributed by atoms with Gasteiger partial charge in [-0.05, 0) is 23.6 Å². The van der Waals surface area contributed by atoms with Crippen molar-refractivity contribution < 1.29 is 18.7 Å². The molecule has 0 heterocycles. The number of halogens is 2. The largest absolute Gasteiger partial charge is 0.481 e. The first-order valence-electron chi connectivity index (χ1n) is 6.42. The Labute approximate surface area is 121 Å². The van der Waals surface area contributed by atoms with Crippen LogP contribution in [0.2, 0.25) is 0 Å². The first-order chi connectivity index (χ1) is 9.99. The van der Waals surface area contributed by atoms with Gasteiger partial charge in [-0.2, -0.15) is 0 Å². The lowest BCUT2D eigenvalue weighted by Gasteiger charge is -2.28. The highest BCUT2D eigenvalue weighted by Crippen LogP contribution is 2.29. The number of benzene rings is 2. The first-order valence-corrected chi connectivity index (χ1v) is 6.42. The Morgan fingerprint density at radius 2 is 1.81 bits per heavy atom. The molecule has 21 heavy (non-hydrogen) atoms. The molecule has 0 aliphatic rings. The van der Waals surface area contributed by atoms with Crippen molar-refractivity contribution in [2.75, 3.05) is 6.54 Å². The molecular formula is C16H15F2NO2. The Bertz CT molecular complexity index is 646. The van der Waals surface area contributed by atoms with Crippen LogP contribution in [-0.2, 0) is 16.6 Å². The second-order valence-electron chi connectivity index (χ2n) is 4.87. The quantitative estimate of drug-likeness (QED) is 0.889. The molecule has 0 bridgehead atoms.